The van der Waals surface area contributed by atoms with Crippen LogP contribution in [0.5, 0.6) is 5.88 Å². The molecular weight excluding hydrogens is 288 g/mol. The Hall–Kier alpha value is -2.47. The molecule has 3 rings (SSSR count). The fourth-order valence-electron chi connectivity index (χ4n) is 2.64. The van der Waals surface area contributed by atoms with Crippen LogP contribution in [0.15, 0.2) is 25.3 Å². The summed E-state index contributed by atoms with van der Waals surface area (Å²) in [6.07, 6.45) is 7.59. The number of aliphatic hydroxyl groups excluding tert-OH is 2. The average Bonchev–Trinajstić information content (AvgIpc) is 3.07. The molecule has 0 saturated carbocycles. The first-order valence-corrected chi connectivity index (χ1v) is 6.51. The van der Waals surface area contributed by atoms with E-state index >= 15 is 0 Å². The van der Waals surface area contributed by atoms with Crippen LogP contribution in [0.3, 0.4) is 0 Å². The van der Waals surface area contributed by atoms with Crippen molar-refractivity contribution in [2.75, 3.05) is 6.61 Å². The summed E-state index contributed by atoms with van der Waals surface area (Å²) < 4.78 is 7.24. The highest BCUT2D eigenvalue weighted by atomic mass is 16.6. The van der Waals surface area contributed by atoms with E-state index in [9.17, 15) is 15.3 Å². The van der Waals surface area contributed by atoms with Gasteiger partial charge in [-0.25, -0.2) is 9.97 Å². The number of ether oxygens (including phenoxy) is 1. The second-order valence-corrected chi connectivity index (χ2v) is 4.98. The predicted octanol–water partition coefficient (Wildman–Crippen LogP) is -0.412. The summed E-state index contributed by atoms with van der Waals surface area (Å²) in [5.41, 5.74) is -1.01. The summed E-state index contributed by atoms with van der Waals surface area (Å²) in [4.78, 5) is 11.7. The van der Waals surface area contributed by atoms with Gasteiger partial charge < -0.3 is 20.1 Å². The van der Waals surface area contributed by atoms with Gasteiger partial charge in [-0.15, -0.1) is 13.0 Å². The van der Waals surface area contributed by atoms with Crippen LogP contribution in [-0.4, -0.2) is 53.2 Å². The number of aromatic nitrogens is 4. The molecule has 2 aromatic rings. The molecule has 0 aliphatic carbocycles. The molecule has 0 aromatic carbocycles. The quantitative estimate of drug-likeness (QED) is 0.521. The van der Waals surface area contributed by atoms with Gasteiger partial charge in [0.15, 0.2) is 16.8 Å². The molecule has 22 heavy (non-hydrogen) atoms. The van der Waals surface area contributed by atoms with Crippen molar-refractivity contribution in [2.24, 2.45) is 5.92 Å². The molecule has 0 unspecified atom stereocenters. The van der Waals surface area contributed by atoms with Crippen LogP contribution >= 0.6 is 0 Å². The Morgan fingerprint density at radius 1 is 1.50 bits per heavy atom. The Labute approximate surface area is 125 Å². The number of nitrogens with zero attached hydrogens (tertiary/aromatic N) is 4. The molecule has 4 atom stereocenters. The number of aliphatic hydroxyl groups is 2. The highest BCUT2D eigenvalue weighted by Gasteiger charge is 2.53. The van der Waals surface area contributed by atoms with E-state index in [0.717, 1.165) is 0 Å². The van der Waals surface area contributed by atoms with Crippen LogP contribution in [0.25, 0.3) is 11.2 Å². The van der Waals surface area contributed by atoms with Gasteiger partial charge in [-0.2, -0.15) is 4.98 Å². The molecule has 0 amide bonds. The predicted molar refractivity (Wildman–Crippen MR) is 75.5 cm³/mol. The molecule has 8 nitrogen and oxygen atoms in total. The Balaban J connectivity index is 2.12. The largest absolute Gasteiger partial charge is 0.492 e. The third-order valence-corrected chi connectivity index (χ3v) is 3.87. The molecule has 0 spiro atoms. The van der Waals surface area contributed by atoms with Crippen molar-refractivity contribution in [3.05, 3.63) is 25.3 Å². The maximum absolute atomic E-state index is 10.4. The second kappa shape index (κ2) is 5.06. The lowest BCUT2D eigenvalue weighted by molar-refractivity contribution is -0.0895. The van der Waals surface area contributed by atoms with E-state index in [0.29, 0.717) is 5.65 Å². The molecule has 2 aromatic heterocycles. The number of fused-ring (bicyclic) bond motifs is 1. The number of terminal acetylenes is 1. The molecule has 1 fully saturated rings. The minimum Gasteiger partial charge on any atom is -0.492 e. The highest BCUT2D eigenvalue weighted by molar-refractivity contribution is 5.75. The molecule has 0 bridgehead atoms. The topological polar surface area (TPSA) is 114 Å². The molecule has 3 heterocycles. The van der Waals surface area contributed by atoms with Gasteiger partial charge >= 0.3 is 0 Å². The van der Waals surface area contributed by atoms with Crippen LogP contribution in [-0.2, 0) is 4.74 Å². The summed E-state index contributed by atoms with van der Waals surface area (Å²) in [7, 11) is 0. The highest BCUT2D eigenvalue weighted by Crippen LogP contribution is 2.42. The smallest absolute Gasteiger partial charge is 0.242 e. The summed E-state index contributed by atoms with van der Waals surface area (Å²) in [6.45, 7) is 3.14. The maximum Gasteiger partial charge on any atom is 0.242 e. The minimum atomic E-state index is -1.53. The van der Waals surface area contributed by atoms with Crippen molar-refractivity contribution >= 4 is 11.2 Å². The Morgan fingerprint density at radius 3 is 2.91 bits per heavy atom. The molecular formula is C14H14N4O4. The standard InChI is InChI=1S/C14H14N4O4/c1-3-8-10(20)14(4-2,5-19)22-13(8)18-7-17-9-11(18)15-6-16-12(9)21/h2-3,6-8,10,13,19-20H,1,5H2,(H,15,16,21)/t8-,10-,13+,14+/m0/s1. The van der Waals surface area contributed by atoms with Crippen molar-refractivity contribution in [1.82, 2.24) is 19.5 Å². The normalized spacial score (nSPS) is 31.2. The van der Waals surface area contributed by atoms with E-state index in [-0.39, 0.29) is 11.4 Å². The lowest BCUT2D eigenvalue weighted by Gasteiger charge is -2.23. The monoisotopic (exact) mass is 302 g/mol. The van der Waals surface area contributed by atoms with Crippen LogP contribution in [0.1, 0.15) is 6.23 Å². The molecule has 8 heteroatoms. The molecule has 0 radical (unpaired) electrons. The van der Waals surface area contributed by atoms with E-state index in [4.69, 9.17) is 11.2 Å². The zero-order valence-corrected chi connectivity index (χ0v) is 11.5. The van der Waals surface area contributed by atoms with Crippen LogP contribution in [0, 0.1) is 18.3 Å². The third-order valence-electron chi connectivity index (χ3n) is 3.87. The van der Waals surface area contributed by atoms with Crippen LogP contribution < -0.4 is 0 Å². The number of hydrogen-bond acceptors (Lipinski definition) is 7. The van der Waals surface area contributed by atoms with Gasteiger partial charge in [-0.3, -0.25) is 4.57 Å². The Morgan fingerprint density at radius 2 is 2.27 bits per heavy atom. The number of imidazole rings is 1. The van der Waals surface area contributed by atoms with Gasteiger partial charge in [0.05, 0.1) is 18.9 Å². The van der Waals surface area contributed by atoms with Crippen molar-refractivity contribution in [3.63, 3.8) is 0 Å². The molecule has 3 N–H and O–H groups in total. The van der Waals surface area contributed by atoms with Crippen molar-refractivity contribution < 1.29 is 20.1 Å². The first-order chi connectivity index (χ1) is 10.6. The maximum atomic E-state index is 10.4. The Kier molecular flexibility index (Phi) is 3.33. The first kappa shape index (κ1) is 14.5. The van der Waals surface area contributed by atoms with Gasteiger partial charge in [0, 0.05) is 0 Å². The van der Waals surface area contributed by atoms with Crippen molar-refractivity contribution in [1.29, 1.82) is 0 Å². The molecule has 1 aliphatic heterocycles. The Bertz CT molecular complexity index is 768. The summed E-state index contributed by atoms with van der Waals surface area (Å²) in [5, 5.41) is 29.6. The van der Waals surface area contributed by atoms with Crippen molar-refractivity contribution in [2.45, 2.75) is 17.9 Å². The van der Waals surface area contributed by atoms with Gasteiger partial charge in [-0.05, 0) is 0 Å². The van der Waals surface area contributed by atoms with Gasteiger partial charge in [-0.1, -0.05) is 12.0 Å². The summed E-state index contributed by atoms with van der Waals surface area (Å²) >= 11 is 0. The fraction of sp³-hybridized carbons (Fsp3) is 0.357. The summed E-state index contributed by atoms with van der Waals surface area (Å²) in [5.74, 6) is 1.46. The molecule has 114 valence electrons. The minimum absolute atomic E-state index is 0.200. The molecule has 1 aliphatic rings. The SMILES string of the molecule is C#C[C@]1(CO)O[C@@H](n2cnc3c(O)ncnc32)[C@@H](C=C)[C@@H]1O. The van der Waals surface area contributed by atoms with Crippen LogP contribution in [0.2, 0.25) is 0 Å². The first-order valence-electron chi connectivity index (χ1n) is 6.51. The lowest BCUT2D eigenvalue weighted by atomic mass is 9.91. The van der Waals surface area contributed by atoms with E-state index in [2.05, 4.69) is 27.5 Å². The number of aromatic hydroxyl groups is 1. The van der Waals surface area contributed by atoms with Gasteiger partial charge in [0.2, 0.25) is 5.88 Å². The lowest BCUT2D eigenvalue weighted by Crippen LogP contribution is -2.43. The zero-order chi connectivity index (χ0) is 15.9. The zero-order valence-electron chi connectivity index (χ0n) is 11.5. The average molecular weight is 302 g/mol. The van der Waals surface area contributed by atoms with E-state index in [1.807, 2.05) is 0 Å². The van der Waals surface area contributed by atoms with E-state index < -0.39 is 30.5 Å². The van der Waals surface area contributed by atoms with Crippen LogP contribution in [0.4, 0.5) is 0 Å². The van der Waals surface area contributed by atoms with Crippen molar-refractivity contribution in [3.8, 4) is 18.2 Å². The summed E-state index contributed by atoms with van der Waals surface area (Å²) in [6, 6.07) is 0. The number of hydrogen-bond donors (Lipinski definition) is 3. The van der Waals surface area contributed by atoms with Gasteiger partial charge in [0.25, 0.3) is 0 Å². The molecule has 1 saturated heterocycles. The third kappa shape index (κ3) is 1.80. The second-order valence-electron chi connectivity index (χ2n) is 4.98. The number of rotatable bonds is 3. The van der Waals surface area contributed by atoms with Gasteiger partial charge in [0.1, 0.15) is 18.7 Å². The fourth-order valence-corrected chi connectivity index (χ4v) is 2.64. The van der Waals surface area contributed by atoms with E-state index in [1.165, 1.54) is 23.3 Å². The van der Waals surface area contributed by atoms with E-state index in [1.54, 1.807) is 0 Å².